The van der Waals surface area contributed by atoms with Gasteiger partial charge < -0.3 is 29.6 Å². The van der Waals surface area contributed by atoms with Gasteiger partial charge in [-0.05, 0) is 93.7 Å². The van der Waals surface area contributed by atoms with Crippen LogP contribution in [0.3, 0.4) is 0 Å². The summed E-state index contributed by atoms with van der Waals surface area (Å²) in [5.74, 6) is -5.79. The van der Waals surface area contributed by atoms with E-state index < -0.39 is 60.1 Å². The van der Waals surface area contributed by atoms with Gasteiger partial charge in [0.25, 0.3) is 11.8 Å². The Balaban J connectivity index is 2.58. The number of carbonyl (C=O) groups is 6. The number of anilines is 2. The first kappa shape index (κ1) is 32.9. The fourth-order valence-corrected chi connectivity index (χ4v) is 4.10. The number of hydrogen-bond donors (Lipinski definition) is 2. The van der Waals surface area contributed by atoms with Gasteiger partial charge >= 0.3 is 23.9 Å². The number of esters is 4. The third kappa shape index (κ3) is 10.7. The average molecular weight is 780 g/mol. The summed E-state index contributed by atoms with van der Waals surface area (Å²) in [6.07, 6.45) is -7.70. The van der Waals surface area contributed by atoms with Crippen LogP contribution < -0.4 is 10.6 Å². The molecule has 14 heteroatoms. The number of carbonyl (C=O) groups excluding carboxylic acids is 6. The van der Waals surface area contributed by atoms with Crippen LogP contribution in [0.4, 0.5) is 11.4 Å². The van der Waals surface area contributed by atoms with Gasteiger partial charge in [0.15, 0.2) is 12.2 Å². The van der Waals surface area contributed by atoms with Crippen molar-refractivity contribution in [1.82, 2.24) is 0 Å². The minimum Gasteiger partial charge on any atom is -0.454 e. The topological polar surface area (TPSA) is 163 Å². The Kier molecular flexibility index (Phi) is 12.8. The normalized spacial score (nSPS) is 13.4. The van der Waals surface area contributed by atoms with E-state index in [1.54, 1.807) is 48.5 Å². The molecule has 40 heavy (non-hydrogen) atoms. The molecule has 2 aromatic carbocycles. The van der Waals surface area contributed by atoms with Crippen LogP contribution in [0.15, 0.2) is 48.5 Å². The summed E-state index contributed by atoms with van der Waals surface area (Å²) in [6.45, 7) is 3.99. The Morgan fingerprint density at radius 2 is 0.800 bits per heavy atom. The van der Waals surface area contributed by atoms with Crippen molar-refractivity contribution >= 4 is 92.2 Å². The molecule has 2 amide bonds. The zero-order chi connectivity index (χ0) is 30.0. The van der Waals surface area contributed by atoms with E-state index in [0.717, 1.165) is 34.8 Å². The molecule has 2 N–H and O–H groups in total. The van der Waals surface area contributed by atoms with Gasteiger partial charge in [0.1, 0.15) is 0 Å². The maximum atomic E-state index is 13.4. The molecule has 0 heterocycles. The number of ether oxygens (including phenoxy) is 4. The van der Waals surface area contributed by atoms with Crippen LogP contribution in [0.1, 0.15) is 27.7 Å². The van der Waals surface area contributed by atoms with Gasteiger partial charge in [-0.25, -0.2) is 0 Å². The van der Waals surface area contributed by atoms with E-state index in [9.17, 15) is 28.8 Å². The summed E-state index contributed by atoms with van der Waals surface area (Å²) in [5.41, 5.74) is 0.613. The zero-order valence-corrected chi connectivity index (χ0v) is 26.1. The smallest absolute Gasteiger partial charge is 0.303 e. The molecule has 0 radical (unpaired) electrons. The van der Waals surface area contributed by atoms with Crippen molar-refractivity contribution in [2.75, 3.05) is 10.6 Å². The lowest BCUT2D eigenvalue weighted by Crippen LogP contribution is -2.57. The maximum absolute atomic E-state index is 13.4. The third-order valence-corrected chi connectivity index (χ3v) is 6.29. The van der Waals surface area contributed by atoms with Crippen LogP contribution >= 0.6 is 45.2 Å². The molecule has 0 saturated carbocycles. The molecule has 0 aliphatic carbocycles. The molecule has 0 saturated heterocycles. The van der Waals surface area contributed by atoms with Gasteiger partial charge in [0.05, 0.1) is 0 Å². The molecule has 0 spiro atoms. The van der Waals surface area contributed by atoms with Crippen LogP contribution in [0.5, 0.6) is 0 Å². The van der Waals surface area contributed by atoms with Crippen molar-refractivity contribution < 1.29 is 47.7 Å². The van der Waals surface area contributed by atoms with Crippen molar-refractivity contribution in [3.05, 3.63) is 55.7 Å². The summed E-state index contributed by atoms with van der Waals surface area (Å²) in [7, 11) is 0. The number of amides is 2. The SMILES string of the molecule is CC(=O)OC(C(=O)Nc1ccc(I)cc1)C(OC(C)=O)C(OC(C)=O)C(OC(C)=O)C(=O)Nc1ccc(I)cc1. The second-order valence-corrected chi connectivity index (χ2v) is 10.7. The Hall–Kier alpha value is -3.28. The minimum atomic E-state index is -1.94. The Labute approximate surface area is 257 Å². The first-order valence-corrected chi connectivity index (χ1v) is 13.7. The van der Waals surface area contributed by atoms with E-state index in [1.807, 2.05) is 0 Å². The fraction of sp³-hybridized carbons (Fsp3) is 0.308. The molecule has 0 aliphatic heterocycles. The van der Waals surface area contributed by atoms with Gasteiger partial charge in [-0.3, -0.25) is 28.8 Å². The predicted molar refractivity (Wildman–Crippen MR) is 158 cm³/mol. The molecule has 4 atom stereocenters. The molecule has 0 bridgehead atoms. The Bertz CT molecular complexity index is 1150. The largest absolute Gasteiger partial charge is 0.454 e. The van der Waals surface area contributed by atoms with Crippen LogP contribution in [-0.4, -0.2) is 60.1 Å². The van der Waals surface area contributed by atoms with Gasteiger partial charge in [-0.15, -0.1) is 0 Å². The van der Waals surface area contributed by atoms with E-state index >= 15 is 0 Å². The van der Waals surface area contributed by atoms with Crippen LogP contribution in [0.2, 0.25) is 0 Å². The summed E-state index contributed by atoms with van der Waals surface area (Å²) in [6, 6.07) is 13.1. The van der Waals surface area contributed by atoms with Gasteiger partial charge in [0.2, 0.25) is 12.2 Å². The third-order valence-electron chi connectivity index (χ3n) is 4.85. The summed E-state index contributed by atoms with van der Waals surface area (Å²) in [4.78, 5) is 75.0. The van der Waals surface area contributed by atoms with Crippen molar-refractivity contribution in [2.24, 2.45) is 0 Å². The van der Waals surface area contributed by atoms with Gasteiger partial charge in [0, 0.05) is 46.2 Å². The number of hydrogen-bond acceptors (Lipinski definition) is 10. The summed E-state index contributed by atoms with van der Waals surface area (Å²) in [5, 5.41) is 5.06. The fourth-order valence-electron chi connectivity index (χ4n) is 3.38. The number of rotatable bonds is 11. The lowest BCUT2D eigenvalue weighted by atomic mass is 10.00. The maximum Gasteiger partial charge on any atom is 0.303 e. The molecular formula is C26H26I2N2O10. The molecular weight excluding hydrogens is 754 g/mol. The Morgan fingerprint density at radius 3 is 1.05 bits per heavy atom. The zero-order valence-electron chi connectivity index (χ0n) is 21.8. The molecule has 2 aromatic rings. The molecule has 214 valence electrons. The highest BCUT2D eigenvalue weighted by molar-refractivity contribution is 14.1. The summed E-state index contributed by atoms with van der Waals surface area (Å²) < 4.78 is 22.8. The quantitative estimate of drug-likeness (QED) is 0.197. The highest BCUT2D eigenvalue weighted by atomic mass is 127. The molecule has 4 unspecified atom stereocenters. The van der Waals surface area contributed by atoms with E-state index in [1.165, 1.54) is 0 Å². The highest BCUT2D eigenvalue weighted by Crippen LogP contribution is 2.23. The highest BCUT2D eigenvalue weighted by Gasteiger charge is 2.49. The average Bonchev–Trinajstić information content (AvgIpc) is 2.85. The number of benzene rings is 2. The first-order valence-electron chi connectivity index (χ1n) is 11.6. The first-order chi connectivity index (χ1) is 18.8. The van der Waals surface area contributed by atoms with Crippen LogP contribution in [-0.2, 0) is 47.7 Å². The van der Waals surface area contributed by atoms with Gasteiger partial charge in [-0.2, -0.15) is 0 Å². The van der Waals surface area contributed by atoms with Gasteiger partial charge in [-0.1, -0.05) is 0 Å². The van der Waals surface area contributed by atoms with Crippen LogP contribution in [0, 0.1) is 7.14 Å². The molecule has 2 rings (SSSR count). The van der Waals surface area contributed by atoms with Crippen molar-refractivity contribution in [1.29, 1.82) is 0 Å². The van der Waals surface area contributed by atoms with E-state index in [2.05, 4.69) is 55.8 Å². The Morgan fingerprint density at radius 1 is 0.525 bits per heavy atom. The molecule has 0 aromatic heterocycles. The molecule has 0 fully saturated rings. The van der Waals surface area contributed by atoms with E-state index in [-0.39, 0.29) is 0 Å². The number of nitrogens with one attached hydrogen (secondary N) is 2. The minimum absolute atomic E-state index is 0.307. The lowest BCUT2D eigenvalue weighted by Gasteiger charge is -2.34. The predicted octanol–water partition coefficient (Wildman–Crippen LogP) is 3.20. The van der Waals surface area contributed by atoms with Crippen LogP contribution in [0.25, 0.3) is 0 Å². The number of halogens is 2. The van der Waals surface area contributed by atoms with Crippen molar-refractivity contribution in [3.8, 4) is 0 Å². The molecule has 0 aliphatic rings. The lowest BCUT2D eigenvalue weighted by molar-refractivity contribution is -0.198. The second kappa shape index (κ2) is 15.5. The second-order valence-electron chi connectivity index (χ2n) is 8.20. The van der Waals surface area contributed by atoms with Crippen molar-refractivity contribution in [2.45, 2.75) is 52.1 Å². The van der Waals surface area contributed by atoms with Crippen molar-refractivity contribution in [3.63, 3.8) is 0 Å². The standard InChI is InChI=1S/C26H26I2N2O10/c1-13(31)37-21(23(39-15(3)33)25(35)29-19-9-5-17(27)6-10-19)22(38-14(2)32)24(40-16(4)34)26(36)30-20-11-7-18(28)8-12-20/h5-12,21-24H,1-4H3,(H,29,35)(H,30,36). The summed E-state index contributed by atoms with van der Waals surface area (Å²) >= 11 is 4.13. The van der Waals surface area contributed by atoms with E-state index in [4.69, 9.17) is 18.9 Å². The van der Waals surface area contributed by atoms with E-state index in [0.29, 0.717) is 11.4 Å². The monoisotopic (exact) mass is 780 g/mol. The molecule has 12 nitrogen and oxygen atoms in total.